The molecule has 0 unspecified atom stereocenters. The number of rotatable bonds is 2. The Bertz CT molecular complexity index is 503. The molecule has 2 N–H and O–H groups in total. The molecule has 0 heterocycles. The number of nitrogen functional groups attached to an aromatic ring is 1. The fourth-order valence-corrected chi connectivity index (χ4v) is 1.76. The summed E-state index contributed by atoms with van der Waals surface area (Å²) in [7, 11) is 0. The fourth-order valence-electron chi connectivity index (χ4n) is 1.76. The smallest absolute Gasteiger partial charge is 0.127 e. The van der Waals surface area contributed by atoms with Gasteiger partial charge in [0.05, 0.1) is 6.10 Å². The third kappa shape index (κ3) is 1.52. The molecule has 1 fully saturated rings. The van der Waals surface area contributed by atoms with Crippen molar-refractivity contribution in [2.24, 2.45) is 0 Å². The van der Waals surface area contributed by atoms with Gasteiger partial charge in [0.2, 0.25) is 0 Å². The molecule has 0 amide bonds. The summed E-state index contributed by atoms with van der Waals surface area (Å²) in [5.41, 5.74) is 6.73. The Morgan fingerprint density at radius 2 is 1.73 bits per heavy atom. The molecule has 0 atom stereocenters. The summed E-state index contributed by atoms with van der Waals surface area (Å²) in [6, 6.07) is 12.0. The highest BCUT2D eigenvalue weighted by molar-refractivity contribution is 5.96. The Hall–Kier alpha value is -1.70. The van der Waals surface area contributed by atoms with E-state index in [1.54, 1.807) is 0 Å². The number of benzene rings is 2. The van der Waals surface area contributed by atoms with Crippen LogP contribution in [0.3, 0.4) is 0 Å². The maximum Gasteiger partial charge on any atom is 0.127 e. The maximum absolute atomic E-state index is 5.92. The molecule has 15 heavy (non-hydrogen) atoms. The van der Waals surface area contributed by atoms with Gasteiger partial charge in [-0.05, 0) is 25.0 Å². The van der Waals surface area contributed by atoms with Crippen LogP contribution in [0.1, 0.15) is 12.8 Å². The molecule has 1 aliphatic carbocycles. The Kier molecular flexibility index (Phi) is 1.81. The van der Waals surface area contributed by atoms with E-state index in [1.807, 2.05) is 30.3 Å². The third-order valence-electron chi connectivity index (χ3n) is 2.74. The molecule has 0 spiro atoms. The van der Waals surface area contributed by atoms with E-state index in [9.17, 15) is 0 Å². The van der Waals surface area contributed by atoms with E-state index in [0.29, 0.717) is 6.10 Å². The van der Waals surface area contributed by atoms with Gasteiger partial charge in [-0.25, -0.2) is 0 Å². The molecule has 2 nitrogen and oxygen atoms in total. The highest BCUT2D eigenvalue weighted by Gasteiger charge is 2.24. The molecule has 1 saturated carbocycles. The van der Waals surface area contributed by atoms with E-state index in [4.69, 9.17) is 10.5 Å². The van der Waals surface area contributed by atoms with E-state index in [0.717, 1.165) is 22.2 Å². The highest BCUT2D eigenvalue weighted by Crippen LogP contribution is 2.34. The van der Waals surface area contributed by atoms with Gasteiger partial charge in [-0.3, -0.25) is 0 Å². The monoisotopic (exact) mass is 199 g/mol. The lowest BCUT2D eigenvalue weighted by molar-refractivity contribution is 0.307. The number of hydrogen-bond donors (Lipinski definition) is 1. The zero-order chi connectivity index (χ0) is 10.3. The SMILES string of the molecule is Nc1ccc(OC2CC2)c2ccccc12. The number of ether oxygens (including phenoxy) is 1. The van der Waals surface area contributed by atoms with Crippen molar-refractivity contribution in [3.8, 4) is 5.75 Å². The fraction of sp³-hybridized carbons (Fsp3) is 0.231. The normalized spacial score (nSPS) is 15.5. The summed E-state index contributed by atoms with van der Waals surface area (Å²) in [5.74, 6) is 0.960. The first-order valence-electron chi connectivity index (χ1n) is 5.28. The second kappa shape index (κ2) is 3.16. The zero-order valence-electron chi connectivity index (χ0n) is 8.44. The van der Waals surface area contributed by atoms with Gasteiger partial charge in [-0.1, -0.05) is 24.3 Å². The zero-order valence-corrected chi connectivity index (χ0v) is 8.44. The second-order valence-corrected chi connectivity index (χ2v) is 4.02. The lowest BCUT2D eigenvalue weighted by atomic mass is 10.1. The minimum absolute atomic E-state index is 0.428. The van der Waals surface area contributed by atoms with Crippen LogP contribution in [0.5, 0.6) is 5.75 Å². The van der Waals surface area contributed by atoms with Gasteiger partial charge in [-0.2, -0.15) is 0 Å². The summed E-state index contributed by atoms with van der Waals surface area (Å²) < 4.78 is 5.84. The summed E-state index contributed by atoms with van der Waals surface area (Å²) in [4.78, 5) is 0. The Balaban J connectivity index is 2.16. The number of anilines is 1. The number of fused-ring (bicyclic) bond motifs is 1. The number of nitrogens with two attached hydrogens (primary N) is 1. The summed E-state index contributed by atoms with van der Waals surface area (Å²) in [6.07, 6.45) is 2.79. The van der Waals surface area contributed by atoms with Gasteiger partial charge in [-0.15, -0.1) is 0 Å². The van der Waals surface area contributed by atoms with E-state index >= 15 is 0 Å². The molecule has 0 bridgehead atoms. The average Bonchev–Trinajstić information content (AvgIpc) is 3.07. The van der Waals surface area contributed by atoms with E-state index in [2.05, 4.69) is 6.07 Å². The highest BCUT2D eigenvalue weighted by atomic mass is 16.5. The number of hydrogen-bond acceptors (Lipinski definition) is 2. The summed E-state index contributed by atoms with van der Waals surface area (Å²) in [5, 5.41) is 2.19. The predicted molar refractivity (Wildman–Crippen MR) is 62.0 cm³/mol. The molecule has 0 saturated heterocycles. The minimum atomic E-state index is 0.428. The first kappa shape index (κ1) is 8.60. The van der Waals surface area contributed by atoms with Crippen LogP contribution in [-0.4, -0.2) is 6.10 Å². The van der Waals surface area contributed by atoms with Crippen LogP contribution in [0.2, 0.25) is 0 Å². The van der Waals surface area contributed by atoms with Crippen LogP contribution in [-0.2, 0) is 0 Å². The minimum Gasteiger partial charge on any atom is -0.490 e. The van der Waals surface area contributed by atoms with Crippen molar-refractivity contribution in [2.75, 3.05) is 5.73 Å². The van der Waals surface area contributed by atoms with Crippen LogP contribution in [0.15, 0.2) is 36.4 Å². The van der Waals surface area contributed by atoms with E-state index in [-0.39, 0.29) is 0 Å². The quantitative estimate of drug-likeness (QED) is 0.755. The lowest BCUT2D eigenvalue weighted by Gasteiger charge is -2.09. The van der Waals surface area contributed by atoms with Crippen LogP contribution >= 0.6 is 0 Å². The predicted octanol–water partition coefficient (Wildman–Crippen LogP) is 2.96. The Morgan fingerprint density at radius 1 is 1.00 bits per heavy atom. The van der Waals surface area contributed by atoms with Gasteiger partial charge in [0.1, 0.15) is 5.75 Å². The molecule has 0 aromatic heterocycles. The van der Waals surface area contributed by atoms with Gasteiger partial charge >= 0.3 is 0 Å². The summed E-state index contributed by atoms with van der Waals surface area (Å²) in [6.45, 7) is 0. The third-order valence-corrected chi connectivity index (χ3v) is 2.74. The summed E-state index contributed by atoms with van der Waals surface area (Å²) >= 11 is 0. The molecule has 3 rings (SSSR count). The van der Waals surface area contributed by atoms with Crippen molar-refractivity contribution >= 4 is 16.5 Å². The first-order valence-corrected chi connectivity index (χ1v) is 5.28. The Labute approximate surface area is 88.7 Å². The van der Waals surface area contributed by atoms with Crippen molar-refractivity contribution in [3.63, 3.8) is 0 Å². The molecule has 0 aliphatic heterocycles. The molecule has 2 aromatic rings. The van der Waals surface area contributed by atoms with Gasteiger partial charge in [0.15, 0.2) is 0 Å². The van der Waals surface area contributed by atoms with Crippen LogP contribution in [0, 0.1) is 0 Å². The Morgan fingerprint density at radius 3 is 2.47 bits per heavy atom. The topological polar surface area (TPSA) is 35.2 Å². The van der Waals surface area contributed by atoms with Gasteiger partial charge in [0.25, 0.3) is 0 Å². The van der Waals surface area contributed by atoms with Crippen molar-refractivity contribution in [1.82, 2.24) is 0 Å². The molecular formula is C13H13NO. The standard InChI is InChI=1S/C13H13NO/c14-12-7-8-13(15-9-5-6-9)11-4-2-1-3-10(11)12/h1-4,7-9H,5-6,14H2. The van der Waals surface area contributed by atoms with Gasteiger partial charge in [0, 0.05) is 16.5 Å². The van der Waals surface area contributed by atoms with Crippen molar-refractivity contribution in [2.45, 2.75) is 18.9 Å². The van der Waals surface area contributed by atoms with Crippen LogP contribution in [0.25, 0.3) is 10.8 Å². The lowest BCUT2D eigenvalue weighted by Crippen LogP contribution is -1.97. The molecule has 1 aliphatic rings. The van der Waals surface area contributed by atoms with Crippen molar-refractivity contribution in [3.05, 3.63) is 36.4 Å². The molecule has 0 radical (unpaired) electrons. The maximum atomic E-state index is 5.92. The first-order chi connectivity index (χ1) is 7.34. The van der Waals surface area contributed by atoms with Crippen molar-refractivity contribution in [1.29, 1.82) is 0 Å². The second-order valence-electron chi connectivity index (χ2n) is 4.02. The molecular weight excluding hydrogens is 186 g/mol. The van der Waals surface area contributed by atoms with Crippen LogP contribution in [0.4, 0.5) is 5.69 Å². The van der Waals surface area contributed by atoms with Gasteiger partial charge < -0.3 is 10.5 Å². The van der Waals surface area contributed by atoms with E-state index < -0.39 is 0 Å². The largest absolute Gasteiger partial charge is 0.490 e. The average molecular weight is 199 g/mol. The van der Waals surface area contributed by atoms with E-state index in [1.165, 1.54) is 12.8 Å². The molecule has 2 aromatic carbocycles. The molecule has 76 valence electrons. The van der Waals surface area contributed by atoms with Crippen LogP contribution < -0.4 is 10.5 Å². The van der Waals surface area contributed by atoms with Crippen molar-refractivity contribution < 1.29 is 4.74 Å². The molecule has 2 heteroatoms.